The van der Waals surface area contributed by atoms with Gasteiger partial charge in [0.15, 0.2) is 0 Å². The molecule has 0 bridgehead atoms. The van der Waals surface area contributed by atoms with Crippen molar-refractivity contribution in [2.75, 3.05) is 10.6 Å². The molecule has 0 saturated heterocycles. The molecule has 0 fully saturated rings. The lowest BCUT2D eigenvalue weighted by Gasteiger charge is -2.04. The van der Waals surface area contributed by atoms with E-state index in [1.807, 2.05) is 30.3 Å². The van der Waals surface area contributed by atoms with E-state index < -0.39 is 0 Å². The number of alkyl halides is 1. The first-order valence-electron chi connectivity index (χ1n) is 4.75. The average Bonchev–Trinajstić information content (AvgIpc) is 2.83. The second kappa shape index (κ2) is 4.94. The summed E-state index contributed by atoms with van der Waals surface area (Å²) in [5.74, 6) is -0.0678. The lowest BCUT2D eigenvalue weighted by Crippen LogP contribution is -2.12. The molecule has 2 rings (SSSR count). The predicted molar refractivity (Wildman–Crippen MR) is 66.4 cm³/mol. The van der Waals surface area contributed by atoms with Gasteiger partial charge in [-0.05, 0) is 18.2 Å². The number of anilines is 1. The second-order valence-electron chi connectivity index (χ2n) is 3.23. The summed E-state index contributed by atoms with van der Waals surface area (Å²) in [6, 6.07) is 9.47. The molecule has 2 N–H and O–H groups in total. The largest absolute Gasteiger partial charge is 0.325 e. The van der Waals surface area contributed by atoms with Crippen molar-refractivity contribution in [3.8, 4) is 11.3 Å². The number of rotatable bonds is 3. The van der Waals surface area contributed by atoms with Crippen LogP contribution in [-0.4, -0.2) is 21.4 Å². The van der Waals surface area contributed by atoms with Gasteiger partial charge < -0.3 is 5.32 Å². The first-order valence-corrected chi connectivity index (χ1v) is 5.87. The molecule has 5 heteroatoms. The molecule has 1 heterocycles. The molecule has 1 aromatic heterocycles. The molecule has 0 spiro atoms. The number of halogens is 1. The standard InChI is InChI=1S/C11H10BrN3O/c12-7-11(16)14-9-3-1-2-8(6-9)10-4-5-13-15-10/h1-6H,7H2,(H,13,15)(H,14,16). The van der Waals surface area contributed by atoms with E-state index in [9.17, 15) is 4.79 Å². The number of hydrogen-bond donors (Lipinski definition) is 2. The van der Waals surface area contributed by atoms with Crippen LogP contribution in [0.15, 0.2) is 36.5 Å². The lowest BCUT2D eigenvalue weighted by molar-refractivity contribution is -0.113. The van der Waals surface area contributed by atoms with E-state index in [0.29, 0.717) is 5.33 Å². The Kier molecular flexibility index (Phi) is 3.36. The second-order valence-corrected chi connectivity index (χ2v) is 3.79. The van der Waals surface area contributed by atoms with E-state index in [1.165, 1.54) is 0 Å². The van der Waals surface area contributed by atoms with Gasteiger partial charge >= 0.3 is 0 Å². The maximum atomic E-state index is 11.2. The molecule has 0 atom stereocenters. The number of amides is 1. The summed E-state index contributed by atoms with van der Waals surface area (Å²) in [6.45, 7) is 0. The Morgan fingerprint density at radius 3 is 3.00 bits per heavy atom. The van der Waals surface area contributed by atoms with Gasteiger partial charge in [0, 0.05) is 17.4 Å². The zero-order valence-corrected chi connectivity index (χ0v) is 9.99. The van der Waals surface area contributed by atoms with E-state index in [0.717, 1.165) is 16.9 Å². The molecular weight excluding hydrogens is 270 g/mol. The lowest BCUT2D eigenvalue weighted by atomic mass is 10.1. The number of nitrogens with zero attached hydrogens (tertiary/aromatic N) is 1. The molecule has 0 saturated carbocycles. The van der Waals surface area contributed by atoms with E-state index >= 15 is 0 Å². The number of aromatic nitrogens is 2. The Bertz CT molecular complexity index is 482. The number of carbonyl (C=O) groups is 1. The van der Waals surface area contributed by atoms with Crippen molar-refractivity contribution in [1.82, 2.24) is 10.2 Å². The number of aromatic amines is 1. The first kappa shape index (κ1) is 10.9. The molecule has 82 valence electrons. The van der Waals surface area contributed by atoms with Gasteiger partial charge in [0.05, 0.1) is 11.0 Å². The van der Waals surface area contributed by atoms with Crippen molar-refractivity contribution in [3.63, 3.8) is 0 Å². The highest BCUT2D eigenvalue weighted by atomic mass is 79.9. The fourth-order valence-corrected chi connectivity index (χ4v) is 1.52. The van der Waals surface area contributed by atoms with Crippen LogP contribution in [0, 0.1) is 0 Å². The molecule has 0 radical (unpaired) electrons. The van der Waals surface area contributed by atoms with Gasteiger partial charge in [0.1, 0.15) is 0 Å². The van der Waals surface area contributed by atoms with Crippen molar-refractivity contribution in [3.05, 3.63) is 36.5 Å². The number of H-pyrrole nitrogens is 1. The van der Waals surface area contributed by atoms with Gasteiger partial charge in [0.25, 0.3) is 0 Å². The van der Waals surface area contributed by atoms with Crippen LogP contribution >= 0.6 is 15.9 Å². The molecular formula is C11H10BrN3O. The highest BCUT2D eigenvalue weighted by molar-refractivity contribution is 9.09. The fourth-order valence-electron chi connectivity index (χ4n) is 1.38. The first-order chi connectivity index (χ1) is 7.79. The summed E-state index contributed by atoms with van der Waals surface area (Å²) in [5, 5.41) is 9.83. The highest BCUT2D eigenvalue weighted by Gasteiger charge is 2.02. The third-order valence-corrected chi connectivity index (χ3v) is 2.59. The van der Waals surface area contributed by atoms with Crippen LogP contribution < -0.4 is 5.32 Å². The van der Waals surface area contributed by atoms with Crippen LogP contribution in [0.25, 0.3) is 11.3 Å². The zero-order valence-electron chi connectivity index (χ0n) is 8.40. The quantitative estimate of drug-likeness (QED) is 0.848. The van der Waals surface area contributed by atoms with E-state index in [2.05, 4.69) is 31.4 Å². The van der Waals surface area contributed by atoms with E-state index in [4.69, 9.17) is 0 Å². The fraction of sp³-hybridized carbons (Fsp3) is 0.0909. The Morgan fingerprint density at radius 2 is 2.31 bits per heavy atom. The van der Waals surface area contributed by atoms with Gasteiger partial charge in [0.2, 0.25) is 5.91 Å². The maximum absolute atomic E-state index is 11.2. The molecule has 0 aliphatic rings. The van der Waals surface area contributed by atoms with Crippen LogP contribution in [0.3, 0.4) is 0 Å². The molecule has 0 aliphatic carbocycles. The minimum Gasteiger partial charge on any atom is -0.325 e. The maximum Gasteiger partial charge on any atom is 0.235 e. The summed E-state index contributed by atoms with van der Waals surface area (Å²) in [7, 11) is 0. The molecule has 1 aromatic carbocycles. The van der Waals surface area contributed by atoms with Gasteiger partial charge in [-0.15, -0.1) is 0 Å². The van der Waals surface area contributed by atoms with Gasteiger partial charge in [-0.2, -0.15) is 5.10 Å². The summed E-state index contributed by atoms with van der Waals surface area (Å²) in [6.07, 6.45) is 1.69. The SMILES string of the molecule is O=C(CBr)Nc1cccc(-c2ccn[nH]2)c1. The Balaban J connectivity index is 2.23. The Labute approximate surface area is 101 Å². The molecule has 2 aromatic rings. The van der Waals surface area contributed by atoms with Crippen LogP contribution in [-0.2, 0) is 4.79 Å². The predicted octanol–water partition coefficient (Wildman–Crippen LogP) is 2.41. The highest BCUT2D eigenvalue weighted by Crippen LogP contribution is 2.20. The summed E-state index contributed by atoms with van der Waals surface area (Å²) in [5.41, 5.74) is 2.69. The minimum atomic E-state index is -0.0678. The van der Waals surface area contributed by atoms with Crippen LogP contribution in [0.1, 0.15) is 0 Å². The summed E-state index contributed by atoms with van der Waals surface area (Å²) < 4.78 is 0. The van der Waals surface area contributed by atoms with Crippen molar-refractivity contribution in [1.29, 1.82) is 0 Å². The minimum absolute atomic E-state index is 0.0678. The van der Waals surface area contributed by atoms with Crippen molar-refractivity contribution in [2.45, 2.75) is 0 Å². The number of benzene rings is 1. The van der Waals surface area contributed by atoms with Crippen molar-refractivity contribution >= 4 is 27.5 Å². The topological polar surface area (TPSA) is 57.8 Å². The van der Waals surface area contributed by atoms with Crippen molar-refractivity contribution < 1.29 is 4.79 Å². The number of nitrogens with one attached hydrogen (secondary N) is 2. The van der Waals surface area contributed by atoms with Gasteiger partial charge in [-0.25, -0.2) is 0 Å². The van der Waals surface area contributed by atoms with Crippen LogP contribution in [0.5, 0.6) is 0 Å². The normalized spacial score (nSPS) is 10.1. The van der Waals surface area contributed by atoms with Gasteiger partial charge in [-0.3, -0.25) is 9.89 Å². The van der Waals surface area contributed by atoms with E-state index in [1.54, 1.807) is 6.20 Å². The third kappa shape index (κ3) is 2.49. The van der Waals surface area contributed by atoms with Crippen LogP contribution in [0.4, 0.5) is 5.69 Å². The summed E-state index contributed by atoms with van der Waals surface area (Å²) >= 11 is 3.10. The smallest absolute Gasteiger partial charge is 0.235 e. The molecule has 16 heavy (non-hydrogen) atoms. The molecule has 1 amide bonds. The molecule has 0 aliphatic heterocycles. The monoisotopic (exact) mass is 279 g/mol. The molecule has 4 nitrogen and oxygen atoms in total. The summed E-state index contributed by atoms with van der Waals surface area (Å²) in [4.78, 5) is 11.2. The van der Waals surface area contributed by atoms with Crippen molar-refractivity contribution in [2.24, 2.45) is 0 Å². The Morgan fingerprint density at radius 1 is 1.44 bits per heavy atom. The van der Waals surface area contributed by atoms with Crippen LogP contribution in [0.2, 0.25) is 0 Å². The third-order valence-electron chi connectivity index (χ3n) is 2.08. The molecule has 0 unspecified atom stereocenters. The van der Waals surface area contributed by atoms with Gasteiger partial charge in [-0.1, -0.05) is 28.1 Å². The van der Waals surface area contributed by atoms with E-state index in [-0.39, 0.29) is 5.91 Å². The Hall–Kier alpha value is -1.62. The average molecular weight is 280 g/mol. The zero-order chi connectivity index (χ0) is 11.4. The number of hydrogen-bond acceptors (Lipinski definition) is 2. The number of carbonyl (C=O) groups excluding carboxylic acids is 1.